The number of allylic oxidation sites excluding steroid dienone is 1. The van der Waals surface area contributed by atoms with E-state index in [4.69, 9.17) is 4.74 Å². The van der Waals surface area contributed by atoms with Gasteiger partial charge in [0.2, 0.25) is 0 Å². The smallest absolute Gasteiger partial charge is 0.134 e. The summed E-state index contributed by atoms with van der Waals surface area (Å²) in [7, 11) is 0. The average molecular weight is 326 g/mol. The van der Waals surface area contributed by atoms with Crippen LogP contribution in [-0.4, -0.2) is 0 Å². The third-order valence-electron chi connectivity index (χ3n) is 4.00. The molecule has 0 N–H and O–H groups in total. The van der Waals surface area contributed by atoms with E-state index < -0.39 is 0 Å². The van der Waals surface area contributed by atoms with Crippen molar-refractivity contribution in [3.8, 4) is 11.5 Å². The molecule has 1 nitrogen and oxygen atoms in total. The van der Waals surface area contributed by atoms with Crippen LogP contribution >= 0.6 is 0 Å². The summed E-state index contributed by atoms with van der Waals surface area (Å²) in [5.74, 6) is 1.68. The zero-order valence-electron chi connectivity index (χ0n) is 14.5. The van der Waals surface area contributed by atoms with Gasteiger partial charge in [-0.05, 0) is 41.3 Å². The van der Waals surface area contributed by atoms with Crippen molar-refractivity contribution >= 4 is 11.6 Å². The summed E-state index contributed by atoms with van der Waals surface area (Å²) in [5, 5.41) is 0. The summed E-state index contributed by atoms with van der Waals surface area (Å²) in [4.78, 5) is 0. The van der Waals surface area contributed by atoms with E-state index in [1.54, 1.807) is 0 Å². The summed E-state index contributed by atoms with van der Waals surface area (Å²) in [6, 6.07) is 26.4. The molecule has 0 bridgehead atoms. The Morgan fingerprint density at radius 3 is 2.20 bits per heavy atom. The SMILES string of the molecule is C=C(c1ccccc1)c1ccc(Oc2ccccc2/C=C/CC)cc1. The highest BCUT2D eigenvalue weighted by atomic mass is 16.5. The van der Waals surface area contributed by atoms with Crippen molar-refractivity contribution in [3.05, 3.63) is 108 Å². The predicted molar refractivity (Wildman–Crippen MR) is 107 cm³/mol. The summed E-state index contributed by atoms with van der Waals surface area (Å²) in [5.41, 5.74) is 4.32. The Bertz CT molecular complexity index is 858. The lowest BCUT2D eigenvalue weighted by Gasteiger charge is -2.11. The number of hydrogen-bond donors (Lipinski definition) is 0. The molecule has 25 heavy (non-hydrogen) atoms. The molecule has 0 atom stereocenters. The van der Waals surface area contributed by atoms with Gasteiger partial charge in [0.15, 0.2) is 0 Å². The zero-order chi connectivity index (χ0) is 17.5. The Hall–Kier alpha value is -3.06. The topological polar surface area (TPSA) is 9.23 Å². The van der Waals surface area contributed by atoms with Crippen LogP contribution in [0.2, 0.25) is 0 Å². The van der Waals surface area contributed by atoms with Crippen molar-refractivity contribution in [2.45, 2.75) is 13.3 Å². The van der Waals surface area contributed by atoms with Gasteiger partial charge in [-0.15, -0.1) is 0 Å². The molecule has 0 spiro atoms. The number of rotatable bonds is 6. The molecule has 0 aromatic heterocycles. The monoisotopic (exact) mass is 326 g/mol. The van der Waals surface area contributed by atoms with Crippen LogP contribution in [0.15, 0.2) is 91.5 Å². The minimum Gasteiger partial charge on any atom is -0.457 e. The Morgan fingerprint density at radius 1 is 0.840 bits per heavy atom. The molecule has 0 aliphatic heterocycles. The van der Waals surface area contributed by atoms with Crippen LogP contribution in [-0.2, 0) is 0 Å². The molecule has 0 aliphatic rings. The van der Waals surface area contributed by atoms with Gasteiger partial charge >= 0.3 is 0 Å². The first-order valence-corrected chi connectivity index (χ1v) is 8.56. The highest BCUT2D eigenvalue weighted by molar-refractivity contribution is 5.78. The summed E-state index contributed by atoms with van der Waals surface area (Å²) < 4.78 is 6.07. The highest BCUT2D eigenvalue weighted by Crippen LogP contribution is 2.28. The molecule has 1 heteroatoms. The van der Waals surface area contributed by atoms with Gasteiger partial charge in [-0.2, -0.15) is 0 Å². The van der Waals surface area contributed by atoms with Gasteiger partial charge in [0.25, 0.3) is 0 Å². The maximum Gasteiger partial charge on any atom is 0.134 e. The number of ether oxygens (including phenoxy) is 1. The Morgan fingerprint density at radius 2 is 1.48 bits per heavy atom. The van der Waals surface area contributed by atoms with Crippen LogP contribution in [0.4, 0.5) is 0 Å². The fraction of sp³-hybridized carbons (Fsp3) is 0.0833. The van der Waals surface area contributed by atoms with E-state index in [-0.39, 0.29) is 0 Å². The quantitative estimate of drug-likeness (QED) is 0.475. The Balaban J connectivity index is 1.78. The molecular weight excluding hydrogens is 304 g/mol. The van der Waals surface area contributed by atoms with Crippen LogP contribution in [0.25, 0.3) is 11.6 Å². The normalized spacial score (nSPS) is 10.8. The van der Waals surface area contributed by atoms with Crippen LogP contribution < -0.4 is 4.74 Å². The van der Waals surface area contributed by atoms with E-state index in [0.29, 0.717) is 0 Å². The first-order valence-electron chi connectivity index (χ1n) is 8.56. The van der Waals surface area contributed by atoms with Gasteiger partial charge in [-0.3, -0.25) is 0 Å². The maximum absolute atomic E-state index is 6.07. The van der Waals surface area contributed by atoms with E-state index in [0.717, 1.165) is 40.2 Å². The number of benzene rings is 3. The van der Waals surface area contributed by atoms with E-state index in [1.165, 1.54) is 0 Å². The Kier molecular flexibility index (Phi) is 5.48. The zero-order valence-corrected chi connectivity index (χ0v) is 14.5. The van der Waals surface area contributed by atoms with Crippen LogP contribution in [0.1, 0.15) is 30.0 Å². The highest BCUT2D eigenvalue weighted by Gasteiger charge is 2.05. The van der Waals surface area contributed by atoms with Gasteiger partial charge in [0.1, 0.15) is 11.5 Å². The van der Waals surface area contributed by atoms with Gasteiger partial charge in [0, 0.05) is 5.56 Å². The molecule has 0 saturated carbocycles. The van der Waals surface area contributed by atoms with Crippen LogP contribution in [0, 0.1) is 0 Å². The standard InChI is InChI=1S/C24H22O/c1-3-4-10-22-13-8-9-14-24(22)25-23-17-15-21(16-18-23)19(2)20-11-6-5-7-12-20/h4-18H,2-3H2,1H3/b10-4+. The molecule has 0 amide bonds. The molecule has 0 unspecified atom stereocenters. The van der Waals surface area contributed by atoms with Crippen molar-refractivity contribution in [3.63, 3.8) is 0 Å². The molecule has 3 rings (SSSR count). The average Bonchev–Trinajstić information content (AvgIpc) is 2.68. The second kappa shape index (κ2) is 8.16. The molecule has 0 saturated heterocycles. The van der Waals surface area contributed by atoms with Crippen LogP contribution in [0.5, 0.6) is 11.5 Å². The minimum atomic E-state index is 0.821. The molecule has 3 aromatic rings. The fourth-order valence-electron chi connectivity index (χ4n) is 2.61. The first-order chi connectivity index (χ1) is 12.3. The lowest BCUT2D eigenvalue weighted by atomic mass is 10.00. The predicted octanol–water partition coefficient (Wildman–Crippen LogP) is 6.96. The molecule has 0 fully saturated rings. The van der Waals surface area contributed by atoms with E-state index >= 15 is 0 Å². The maximum atomic E-state index is 6.07. The van der Waals surface area contributed by atoms with Gasteiger partial charge < -0.3 is 4.74 Å². The van der Waals surface area contributed by atoms with Crippen molar-refractivity contribution in [1.29, 1.82) is 0 Å². The largest absolute Gasteiger partial charge is 0.457 e. The molecule has 0 heterocycles. The molecule has 0 aliphatic carbocycles. The molecule has 124 valence electrons. The van der Waals surface area contributed by atoms with Gasteiger partial charge in [-0.1, -0.05) is 86.3 Å². The third-order valence-corrected chi connectivity index (χ3v) is 4.00. The molecular formula is C24H22O. The van der Waals surface area contributed by atoms with Crippen molar-refractivity contribution in [1.82, 2.24) is 0 Å². The second-order valence-electron chi connectivity index (χ2n) is 5.82. The minimum absolute atomic E-state index is 0.821. The Labute approximate surface area is 149 Å². The lowest BCUT2D eigenvalue weighted by Crippen LogP contribution is -1.89. The molecule has 0 radical (unpaired) electrons. The summed E-state index contributed by atoms with van der Waals surface area (Å²) in [6.07, 6.45) is 5.24. The van der Waals surface area contributed by atoms with E-state index in [9.17, 15) is 0 Å². The van der Waals surface area contributed by atoms with Crippen molar-refractivity contribution < 1.29 is 4.74 Å². The first kappa shape index (κ1) is 16.8. The van der Waals surface area contributed by atoms with Gasteiger partial charge in [-0.25, -0.2) is 0 Å². The number of hydrogen-bond acceptors (Lipinski definition) is 1. The van der Waals surface area contributed by atoms with Crippen molar-refractivity contribution in [2.24, 2.45) is 0 Å². The summed E-state index contributed by atoms with van der Waals surface area (Å²) >= 11 is 0. The van der Waals surface area contributed by atoms with Crippen molar-refractivity contribution in [2.75, 3.05) is 0 Å². The van der Waals surface area contributed by atoms with Crippen LogP contribution in [0.3, 0.4) is 0 Å². The number of para-hydroxylation sites is 1. The van der Waals surface area contributed by atoms with E-state index in [1.807, 2.05) is 48.5 Å². The third kappa shape index (κ3) is 4.27. The summed E-state index contributed by atoms with van der Waals surface area (Å²) in [6.45, 7) is 6.33. The fourth-order valence-corrected chi connectivity index (χ4v) is 2.61. The second-order valence-corrected chi connectivity index (χ2v) is 5.82. The lowest BCUT2D eigenvalue weighted by molar-refractivity contribution is 0.481. The van der Waals surface area contributed by atoms with E-state index in [2.05, 4.69) is 56.0 Å². The van der Waals surface area contributed by atoms with Gasteiger partial charge in [0.05, 0.1) is 0 Å². The molecule has 3 aromatic carbocycles.